The van der Waals surface area contributed by atoms with Crippen LogP contribution in [0.1, 0.15) is 77.0 Å². The summed E-state index contributed by atoms with van der Waals surface area (Å²) >= 11 is 1.67. The molecule has 46 heavy (non-hydrogen) atoms. The molecule has 1 aliphatic carbocycles. The van der Waals surface area contributed by atoms with Crippen molar-refractivity contribution in [2.45, 2.75) is 86.5 Å². The highest BCUT2D eigenvalue weighted by atomic mass is 32.2. The first-order valence-corrected chi connectivity index (χ1v) is 17.7. The van der Waals surface area contributed by atoms with Gasteiger partial charge < -0.3 is 20.2 Å². The number of likely N-dealkylation sites (tertiary alicyclic amines) is 2. The van der Waals surface area contributed by atoms with Gasteiger partial charge in [0.15, 0.2) is 5.16 Å². The summed E-state index contributed by atoms with van der Waals surface area (Å²) in [6.45, 7) is 3.89. The predicted octanol–water partition coefficient (Wildman–Crippen LogP) is 3.60. The van der Waals surface area contributed by atoms with E-state index in [1.54, 1.807) is 39.7 Å². The fraction of sp³-hybridized carbons (Fsp3) is 0.559. The lowest BCUT2D eigenvalue weighted by molar-refractivity contribution is -0.0139. The minimum atomic E-state index is -0.617. The van der Waals surface area contributed by atoms with Gasteiger partial charge in [0, 0.05) is 75.9 Å². The first-order valence-electron chi connectivity index (χ1n) is 16.8. The summed E-state index contributed by atoms with van der Waals surface area (Å²) in [5.41, 5.74) is 3.57. The number of hydrogen-bond acceptors (Lipinski definition) is 9. The smallest absolute Gasteiger partial charge is 0.274 e. The van der Waals surface area contributed by atoms with Gasteiger partial charge in [-0.1, -0.05) is 48.9 Å². The molecule has 11 nitrogen and oxygen atoms in total. The van der Waals surface area contributed by atoms with E-state index in [0.717, 1.165) is 51.6 Å². The SMILES string of the molecule is Cn1ccc(C(=O)N2CCC(Nc3cc(C(=O)N4CC[C@@H](N5CCc6ccccc6C5)[C@H](O)C4)nc(SC4CCCC4)n3)CC2)n1. The number of fused-ring (bicyclic) bond motifs is 1. The van der Waals surface area contributed by atoms with E-state index in [1.807, 2.05) is 11.9 Å². The maximum Gasteiger partial charge on any atom is 0.274 e. The largest absolute Gasteiger partial charge is 0.390 e. The summed E-state index contributed by atoms with van der Waals surface area (Å²) in [5, 5.41) is 20.2. The zero-order valence-corrected chi connectivity index (χ0v) is 27.4. The van der Waals surface area contributed by atoms with Crippen molar-refractivity contribution in [3.8, 4) is 0 Å². The molecule has 2 amide bonds. The average Bonchev–Trinajstić information content (AvgIpc) is 3.76. The van der Waals surface area contributed by atoms with Crippen molar-refractivity contribution >= 4 is 29.4 Å². The number of β-amino-alcohol motifs (C(OH)–C–C–N with tert-alkyl or cyclic N) is 1. The van der Waals surface area contributed by atoms with E-state index < -0.39 is 6.10 Å². The minimum absolute atomic E-state index is 0.0314. The van der Waals surface area contributed by atoms with E-state index in [9.17, 15) is 14.7 Å². The summed E-state index contributed by atoms with van der Waals surface area (Å²) in [6, 6.07) is 12.2. The number of amides is 2. The average molecular weight is 645 g/mol. The molecular weight excluding hydrogens is 600 g/mol. The second-order valence-electron chi connectivity index (χ2n) is 13.2. The zero-order chi connectivity index (χ0) is 31.6. The standard InChI is InChI=1S/C34H44N8O3S/c1-39-15-13-27(38-39)32(44)40-17-11-25(12-18-40)35-31-20-28(36-34(37-31)46-26-8-4-5-9-26)33(45)42-19-14-29(30(43)22-42)41-16-10-23-6-2-3-7-24(23)21-41/h2-3,6-7,13,15,20,25-26,29-30,43H,4-5,8-12,14,16-19,21-22H2,1H3,(H,35,36,37)/t29-,30-/m1/s1. The third-order valence-corrected chi connectivity index (χ3v) is 11.2. The van der Waals surface area contributed by atoms with Crippen molar-refractivity contribution in [2.24, 2.45) is 7.05 Å². The number of hydrogen-bond donors (Lipinski definition) is 2. The molecule has 2 atom stereocenters. The van der Waals surface area contributed by atoms with Gasteiger partial charge in [-0.05, 0) is 55.7 Å². The van der Waals surface area contributed by atoms with Crippen molar-refractivity contribution in [3.05, 3.63) is 65.1 Å². The summed E-state index contributed by atoms with van der Waals surface area (Å²) < 4.78 is 1.65. The van der Waals surface area contributed by atoms with E-state index in [1.165, 1.54) is 24.0 Å². The first-order chi connectivity index (χ1) is 22.4. The molecule has 3 fully saturated rings. The van der Waals surface area contributed by atoms with Crippen LogP contribution in [0.4, 0.5) is 5.82 Å². The Bertz CT molecular complexity index is 1550. The van der Waals surface area contributed by atoms with Crippen LogP contribution >= 0.6 is 11.8 Å². The number of aryl methyl sites for hydroxylation is 1. The van der Waals surface area contributed by atoms with E-state index in [2.05, 4.69) is 39.6 Å². The Morgan fingerprint density at radius 1 is 0.891 bits per heavy atom. The van der Waals surface area contributed by atoms with Crippen LogP contribution < -0.4 is 5.32 Å². The number of carbonyl (C=O) groups is 2. The lowest BCUT2D eigenvalue weighted by atomic mass is 9.94. The van der Waals surface area contributed by atoms with Gasteiger partial charge in [0.05, 0.1) is 6.10 Å². The van der Waals surface area contributed by atoms with Gasteiger partial charge in [0.1, 0.15) is 17.2 Å². The first kappa shape index (κ1) is 31.1. The Morgan fingerprint density at radius 3 is 2.37 bits per heavy atom. The molecule has 244 valence electrons. The lowest BCUT2D eigenvalue weighted by Gasteiger charge is -2.43. The number of nitrogens with one attached hydrogen (secondary N) is 1. The molecule has 2 N–H and O–H groups in total. The molecule has 0 bridgehead atoms. The van der Waals surface area contributed by atoms with Gasteiger partial charge in [-0.25, -0.2) is 9.97 Å². The summed E-state index contributed by atoms with van der Waals surface area (Å²) in [5.74, 6) is 0.451. The molecular formula is C34H44N8O3S. The molecule has 0 unspecified atom stereocenters. The maximum absolute atomic E-state index is 13.9. The lowest BCUT2D eigenvalue weighted by Crippen LogP contribution is -2.56. The number of rotatable bonds is 7. The summed E-state index contributed by atoms with van der Waals surface area (Å²) in [4.78, 5) is 42.4. The van der Waals surface area contributed by atoms with Crippen LogP contribution in [0.2, 0.25) is 0 Å². The maximum atomic E-state index is 13.9. The Labute approximate surface area is 274 Å². The molecule has 2 saturated heterocycles. The number of nitrogens with zero attached hydrogens (tertiary/aromatic N) is 7. The van der Waals surface area contributed by atoms with Crippen LogP contribution in [-0.4, -0.2) is 108 Å². The van der Waals surface area contributed by atoms with Gasteiger partial charge >= 0.3 is 0 Å². The molecule has 1 saturated carbocycles. The Morgan fingerprint density at radius 2 is 1.63 bits per heavy atom. The van der Waals surface area contributed by atoms with Gasteiger partial charge in [-0.2, -0.15) is 5.10 Å². The molecule has 2 aromatic heterocycles. The number of carbonyl (C=O) groups excluding carboxylic acids is 2. The number of anilines is 1. The fourth-order valence-electron chi connectivity index (χ4n) is 7.44. The van der Waals surface area contributed by atoms with E-state index >= 15 is 0 Å². The van der Waals surface area contributed by atoms with Crippen LogP contribution in [0, 0.1) is 0 Å². The number of benzene rings is 1. The predicted molar refractivity (Wildman–Crippen MR) is 177 cm³/mol. The topological polar surface area (TPSA) is 120 Å². The zero-order valence-electron chi connectivity index (χ0n) is 26.6. The van der Waals surface area contributed by atoms with Gasteiger partial charge in [-0.15, -0.1) is 0 Å². The quantitative estimate of drug-likeness (QED) is 0.372. The Balaban J connectivity index is 1.01. The van der Waals surface area contributed by atoms with Crippen molar-refractivity contribution < 1.29 is 14.7 Å². The molecule has 3 aromatic rings. The molecule has 0 radical (unpaired) electrons. The van der Waals surface area contributed by atoms with E-state index in [4.69, 9.17) is 9.97 Å². The third kappa shape index (κ3) is 6.94. The van der Waals surface area contributed by atoms with Gasteiger partial charge in [0.2, 0.25) is 0 Å². The molecule has 0 spiro atoms. The van der Waals surface area contributed by atoms with Crippen LogP contribution in [0.25, 0.3) is 0 Å². The summed E-state index contributed by atoms with van der Waals surface area (Å²) in [7, 11) is 1.81. The number of aliphatic hydroxyl groups is 1. The molecule has 3 aliphatic heterocycles. The molecule has 1 aromatic carbocycles. The second kappa shape index (κ2) is 13.7. The number of thioether (sulfide) groups is 1. The fourth-order valence-corrected chi connectivity index (χ4v) is 8.61. The van der Waals surface area contributed by atoms with Crippen molar-refractivity contribution in [1.29, 1.82) is 0 Å². The minimum Gasteiger partial charge on any atom is -0.390 e. The third-order valence-electron chi connectivity index (χ3n) is 10.0. The number of aromatic nitrogens is 4. The van der Waals surface area contributed by atoms with Crippen molar-refractivity contribution in [1.82, 2.24) is 34.4 Å². The monoisotopic (exact) mass is 644 g/mol. The molecule has 12 heteroatoms. The van der Waals surface area contributed by atoms with Crippen molar-refractivity contribution in [2.75, 3.05) is 38.0 Å². The Kier molecular flexibility index (Phi) is 9.28. The second-order valence-corrected chi connectivity index (χ2v) is 14.5. The molecule has 5 heterocycles. The van der Waals surface area contributed by atoms with Crippen LogP contribution in [0.5, 0.6) is 0 Å². The number of aliphatic hydroxyl groups excluding tert-OH is 1. The number of piperidine rings is 2. The highest BCUT2D eigenvalue weighted by Crippen LogP contribution is 2.34. The highest BCUT2D eigenvalue weighted by molar-refractivity contribution is 7.99. The van der Waals surface area contributed by atoms with Crippen LogP contribution in [0.15, 0.2) is 47.8 Å². The normalized spacial score (nSPS) is 23.0. The van der Waals surface area contributed by atoms with Gasteiger partial charge in [0.25, 0.3) is 11.8 Å². The van der Waals surface area contributed by atoms with Crippen LogP contribution in [0.3, 0.4) is 0 Å². The highest BCUT2D eigenvalue weighted by Gasteiger charge is 2.36. The van der Waals surface area contributed by atoms with E-state index in [0.29, 0.717) is 53.8 Å². The van der Waals surface area contributed by atoms with Gasteiger partial charge in [-0.3, -0.25) is 19.2 Å². The molecule has 4 aliphatic rings. The summed E-state index contributed by atoms with van der Waals surface area (Å²) in [6.07, 6.45) is 9.14. The molecule has 7 rings (SSSR count). The van der Waals surface area contributed by atoms with Crippen LogP contribution in [-0.2, 0) is 20.0 Å². The Hall–Kier alpha value is -3.48. The van der Waals surface area contributed by atoms with Crippen molar-refractivity contribution in [3.63, 3.8) is 0 Å². The van der Waals surface area contributed by atoms with E-state index in [-0.39, 0.29) is 23.9 Å².